The van der Waals surface area contributed by atoms with Crippen molar-refractivity contribution in [3.8, 4) is 0 Å². The molecule has 1 unspecified atom stereocenters. The lowest BCUT2D eigenvalue weighted by Crippen LogP contribution is -2.28. The quantitative estimate of drug-likeness (QED) is 0.918. The van der Waals surface area contributed by atoms with E-state index < -0.39 is 0 Å². The topological polar surface area (TPSA) is 38.3 Å². The number of thiophene rings is 1. The average molecular weight is 293 g/mol. The lowest BCUT2D eigenvalue weighted by molar-refractivity contribution is 0.0837. The van der Waals surface area contributed by atoms with E-state index in [0.717, 1.165) is 4.88 Å². The highest BCUT2D eigenvalue weighted by Gasteiger charge is 2.14. The summed E-state index contributed by atoms with van der Waals surface area (Å²) in [6.07, 6.45) is -0.168. The van der Waals surface area contributed by atoms with Crippen LogP contribution in [-0.2, 0) is 4.74 Å². The molecule has 1 aromatic carbocycles. The van der Waals surface area contributed by atoms with E-state index >= 15 is 0 Å². The van der Waals surface area contributed by atoms with Gasteiger partial charge in [-0.3, -0.25) is 4.79 Å². The van der Waals surface area contributed by atoms with Crippen LogP contribution in [0.25, 0.3) is 0 Å². The van der Waals surface area contributed by atoms with Gasteiger partial charge in [0.1, 0.15) is 11.9 Å². The number of benzene rings is 1. The number of rotatable bonds is 5. The van der Waals surface area contributed by atoms with E-state index in [1.54, 1.807) is 18.4 Å². The molecule has 1 amide bonds. The van der Waals surface area contributed by atoms with E-state index in [1.807, 2.05) is 19.1 Å². The van der Waals surface area contributed by atoms with E-state index in [0.29, 0.717) is 12.1 Å². The summed E-state index contributed by atoms with van der Waals surface area (Å²) in [6.45, 7) is 2.41. The Morgan fingerprint density at radius 1 is 1.30 bits per heavy atom. The standard InChI is InChI=1S/C15H16FNO2S/c1-10-3-8-14(20-10)13(19-2)9-17-15(18)11-4-6-12(16)7-5-11/h3-8,13H,9H2,1-2H3,(H,17,18). The Bertz CT molecular complexity index is 580. The molecule has 0 fully saturated rings. The van der Waals surface area contributed by atoms with Gasteiger partial charge in [-0.1, -0.05) is 0 Å². The summed E-state index contributed by atoms with van der Waals surface area (Å²) in [4.78, 5) is 14.2. The van der Waals surface area contributed by atoms with Crippen LogP contribution in [0.4, 0.5) is 4.39 Å². The predicted molar refractivity (Wildman–Crippen MR) is 77.5 cm³/mol. The Balaban J connectivity index is 1.96. The fourth-order valence-corrected chi connectivity index (χ4v) is 2.77. The van der Waals surface area contributed by atoms with Crippen LogP contribution >= 0.6 is 11.3 Å². The van der Waals surface area contributed by atoms with Crippen molar-refractivity contribution in [3.05, 3.63) is 57.5 Å². The first-order valence-corrected chi connectivity index (χ1v) is 7.04. The van der Waals surface area contributed by atoms with Gasteiger partial charge in [0.2, 0.25) is 0 Å². The molecule has 2 rings (SSSR count). The number of nitrogens with one attached hydrogen (secondary N) is 1. The van der Waals surface area contributed by atoms with Gasteiger partial charge in [-0.15, -0.1) is 11.3 Å². The molecule has 5 heteroatoms. The number of ether oxygens (including phenoxy) is 1. The minimum atomic E-state index is -0.356. The van der Waals surface area contributed by atoms with Crippen molar-refractivity contribution < 1.29 is 13.9 Å². The van der Waals surface area contributed by atoms with Crippen LogP contribution in [0.1, 0.15) is 26.2 Å². The van der Waals surface area contributed by atoms with Crippen molar-refractivity contribution in [1.82, 2.24) is 5.32 Å². The number of methoxy groups -OCH3 is 1. The average Bonchev–Trinajstić information content (AvgIpc) is 2.86. The molecule has 20 heavy (non-hydrogen) atoms. The van der Waals surface area contributed by atoms with Gasteiger partial charge in [0, 0.05) is 29.0 Å². The largest absolute Gasteiger partial charge is 0.374 e. The van der Waals surface area contributed by atoms with Crippen molar-refractivity contribution in [2.45, 2.75) is 13.0 Å². The molecule has 1 aromatic heterocycles. The van der Waals surface area contributed by atoms with E-state index in [4.69, 9.17) is 4.74 Å². The van der Waals surface area contributed by atoms with Gasteiger partial charge in [0.25, 0.3) is 5.91 Å². The van der Waals surface area contributed by atoms with E-state index in [-0.39, 0.29) is 17.8 Å². The normalized spacial score (nSPS) is 12.2. The number of amides is 1. The molecule has 0 aliphatic rings. The zero-order valence-electron chi connectivity index (χ0n) is 11.4. The molecule has 1 atom stereocenters. The molecular formula is C15H16FNO2S. The molecule has 106 valence electrons. The lowest BCUT2D eigenvalue weighted by atomic mass is 10.2. The molecule has 0 aliphatic heterocycles. The van der Waals surface area contributed by atoms with Crippen LogP contribution in [0.15, 0.2) is 36.4 Å². The number of carbonyl (C=O) groups is 1. The molecular weight excluding hydrogens is 277 g/mol. The number of halogens is 1. The van der Waals surface area contributed by atoms with Crippen LogP contribution in [0.2, 0.25) is 0 Å². The zero-order chi connectivity index (χ0) is 14.5. The molecule has 0 aliphatic carbocycles. The second-order valence-corrected chi connectivity index (χ2v) is 5.71. The second kappa shape index (κ2) is 6.63. The number of hydrogen-bond acceptors (Lipinski definition) is 3. The van der Waals surface area contributed by atoms with Gasteiger partial charge in [-0.2, -0.15) is 0 Å². The first-order valence-electron chi connectivity index (χ1n) is 6.23. The highest BCUT2D eigenvalue weighted by atomic mass is 32.1. The minimum Gasteiger partial charge on any atom is -0.374 e. The van der Waals surface area contributed by atoms with Crippen molar-refractivity contribution in [3.63, 3.8) is 0 Å². The number of hydrogen-bond donors (Lipinski definition) is 1. The SMILES string of the molecule is COC(CNC(=O)c1ccc(F)cc1)c1ccc(C)s1. The van der Waals surface area contributed by atoms with Gasteiger partial charge < -0.3 is 10.1 Å². The maximum atomic E-state index is 12.8. The second-order valence-electron chi connectivity index (χ2n) is 4.39. The third-order valence-corrected chi connectivity index (χ3v) is 4.01. The lowest BCUT2D eigenvalue weighted by Gasteiger charge is -2.14. The van der Waals surface area contributed by atoms with E-state index in [9.17, 15) is 9.18 Å². The van der Waals surface area contributed by atoms with Gasteiger partial charge in [-0.05, 0) is 43.3 Å². The summed E-state index contributed by atoms with van der Waals surface area (Å²) >= 11 is 1.64. The van der Waals surface area contributed by atoms with Crippen LogP contribution in [0.5, 0.6) is 0 Å². The van der Waals surface area contributed by atoms with Crippen LogP contribution in [0, 0.1) is 12.7 Å². The Morgan fingerprint density at radius 3 is 2.55 bits per heavy atom. The van der Waals surface area contributed by atoms with Gasteiger partial charge in [0.05, 0.1) is 0 Å². The summed E-state index contributed by atoms with van der Waals surface area (Å²) < 4.78 is 18.2. The number of aryl methyl sites for hydroxylation is 1. The van der Waals surface area contributed by atoms with Crippen molar-refractivity contribution in [2.24, 2.45) is 0 Å². The Kier molecular flexibility index (Phi) is 4.87. The smallest absolute Gasteiger partial charge is 0.251 e. The Morgan fingerprint density at radius 2 is 2.00 bits per heavy atom. The predicted octanol–water partition coefficient (Wildman–Crippen LogP) is 3.31. The molecule has 3 nitrogen and oxygen atoms in total. The third kappa shape index (κ3) is 3.65. The maximum absolute atomic E-state index is 12.8. The van der Waals surface area contributed by atoms with Crippen LogP contribution in [0.3, 0.4) is 0 Å². The van der Waals surface area contributed by atoms with Crippen molar-refractivity contribution in [1.29, 1.82) is 0 Å². The highest BCUT2D eigenvalue weighted by molar-refractivity contribution is 7.12. The van der Waals surface area contributed by atoms with E-state index in [1.165, 1.54) is 29.1 Å². The van der Waals surface area contributed by atoms with Crippen molar-refractivity contribution in [2.75, 3.05) is 13.7 Å². The van der Waals surface area contributed by atoms with Crippen molar-refractivity contribution >= 4 is 17.2 Å². The summed E-state index contributed by atoms with van der Waals surface area (Å²) in [5.74, 6) is -0.592. The molecule has 2 aromatic rings. The summed E-state index contributed by atoms with van der Waals surface area (Å²) in [7, 11) is 1.61. The van der Waals surface area contributed by atoms with Gasteiger partial charge in [0.15, 0.2) is 0 Å². The van der Waals surface area contributed by atoms with Crippen LogP contribution in [-0.4, -0.2) is 19.6 Å². The maximum Gasteiger partial charge on any atom is 0.251 e. The molecule has 1 N–H and O–H groups in total. The Hall–Kier alpha value is -1.72. The molecule has 0 spiro atoms. The summed E-state index contributed by atoms with van der Waals surface area (Å²) in [5, 5.41) is 2.80. The van der Waals surface area contributed by atoms with E-state index in [2.05, 4.69) is 5.32 Å². The van der Waals surface area contributed by atoms with Crippen LogP contribution < -0.4 is 5.32 Å². The Labute approximate surface area is 121 Å². The fourth-order valence-electron chi connectivity index (χ4n) is 1.82. The molecule has 0 radical (unpaired) electrons. The van der Waals surface area contributed by atoms with Gasteiger partial charge >= 0.3 is 0 Å². The summed E-state index contributed by atoms with van der Waals surface area (Å²) in [5.41, 5.74) is 0.434. The fraction of sp³-hybridized carbons (Fsp3) is 0.267. The number of carbonyl (C=O) groups excluding carboxylic acids is 1. The molecule has 1 heterocycles. The summed E-state index contributed by atoms with van der Waals surface area (Å²) in [6, 6.07) is 9.48. The van der Waals surface area contributed by atoms with Gasteiger partial charge in [-0.25, -0.2) is 4.39 Å². The molecule has 0 saturated carbocycles. The first-order chi connectivity index (χ1) is 9.60. The highest BCUT2D eigenvalue weighted by Crippen LogP contribution is 2.24. The monoisotopic (exact) mass is 293 g/mol. The zero-order valence-corrected chi connectivity index (χ0v) is 12.2. The third-order valence-electron chi connectivity index (χ3n) is 2.92. The molecule has 0 bridgehead atoms. The molecule has 0 saturated heterocycles. The first kappa shape index (κ1) is 14.7. The minimum absolute atomic E-state index is 0.168.